The monoisotopic (exact) mass is 330 g/mol. The molecule has 2 aliphatic rings. The third-order valence-corrected chi connectivity index (χ3v) is 5.45. The number of carboxylic acids is 1. The van der Waals surface area contributed by atoms with Gasteiger partial charge in [-0.05, 0) is 42.9 Å². The van der Waals surface area contributed by atoms with Crippen LogP contribution in [-0.2, 0) is 11.3 Å². The van der Waals surface area contributed by atoms with E-state index in [-0.39, 0.29) is 5.91 Å². The number of carbonyl (C=O) groups is 2. The molecule has 1 heterocycles. The summed E-state index contributed by atoms with van der Waals surface area (Å²) >= 11 is 0. The zero-order chi connectivity index (χ0) is 17.3. The standard InChI is InChI=1S/C19H26N2O3/c1-20(2)18(22)15-8-5-6-13(10-15)12-21-16-9-4-3-7-14(16)11-17(21)19(23)24/h5-6,8,10,14,16-17H,3-4,7,9,11-12H2,1-2H3,(H,23,24)/t14-,16+,17+/m1/s1. The van der Waals surface area contributed by atoms with Crippen LogP contribution in [0.5, 0.6) is 0 Å². The van der Waals surface area contributed by atoms with Crippen molar-refractivity contribution in [1.29, 1.82) is 0 Å². The predicted molar refractivity (Wildman–Crippen MR) is 91.8 cm³/mol. The fourth-order valence-electron chi connectivity index (χ4n) is 4.29. The highest BCUT2D eigenvalue weighted by molar-refractivity contribution is 5.94. The summed E-state index contributed by atoms with van der Waals surface area (Å²) in [6.45, 7) is 0.604. The van der Waals surface area contributed by atoms with Crippen LogP contribution in [0, 0.1) is 5.92 Å². The molecule has 0 spiro atoms. The highest BCUT2D eigenvalue weighted by Gasteiger charge is 2.44. The van der Waals surface area contributed by atoms with Crippen LogP contribution >= 0.6 is 0 Å². The second-order valence-corrected chi connectivity index (χ2v) is 7.27. The smallest absolute Gasteiger partial charge is 0.320 e. The van der Waals surface area contributed by atoms with Crippen molar-refractivity contribution in [3.63, 3.8) is 0 Å². The van der Waals surface area contributed by atoms with E-state index in [0.29, 0.717) is 24.1 Å². The van der Waals surface area contributed by atoms with Gasteiger partial charge in [0.05, 0.1) is 0 Å². The van der Waals surface area contributed by atoms with Crippen molar-refractivity contribution in [1.82, 2.24) is 9.80 Å². The van der Waals surface area contributed by atoms with Crippen molar-refractivity contribution in [3.05, 3.63) is 35.4 Å². The fraction of sp³-hybridized carbons (Fsp3) is 0.579. The van der Waals surface area contributed by atoms with Gasteiger partial charge in [-0.25, -0.2) is 0 Å². The number of fused-ring (bicyclic) bond motifs is 1. The minimum Gasteiger partial charge on any atom is -0.480 e. The molecule has 5 nitrogen and oxygen atoms in total. The average Bonchev–Trinajstić information content (AvgIpc) is 2.93. The largest absolute Gasteiger partial charge is 0.480 e. The van der Waals surface area contributed by atoms with Crippen molar-refractivity contribution in [2.75, 3.05) is 14.1 Å². The van der Waals surface area contributed by atoms with Crippen LogP contribution in [0.2, 0.25) is 0 Å². The van der Waals surface area contributed by atoms with Crippen molar-refractivity contribution < 1.29 is 14.7 Å². The molecule has 1 aromatic rings. The molecule has 2 fully saturated rings. The SMILES string of the molecule is CN(C)C(=O)c1cccc(CN2[C@H](C(=O)O)C[C@H]3CCCC[C@@H]32)c1. The molecule has 1 N–H and O–H groups in total. The first-order valence-electron chi connectivity index (χ1n) is 8.76. The van der Waals surface area contributed by atoms with E-state index in [1.807, 2.05) is 24.3 Å². The first-order valence-corrected chi connectivity index (χ1v) is 8.76. The van der Waals surface area contributed by atoms with Crippen molar-refractivity contribution in [2.24, 2.45) is 5.92 Å². The minimum absolute atomic E-state index is 0.0244. The molecule has 130 valence electrons. The van der Waals surface area contributed by atoms with E-state index in [4.69, 9.17) is 0 Å². The Hall–Kier alpha value is -1.88. The molecule has 3 rings (SSSR count). The normalized spacial score (nSPS) is 26.8. The number of nitrogens with zero attached hydrogens (tertiary/aromatic N) is 2. The molecule has 0 radical (unpaired) electrons. The molecule has 1 saturated heterocycles. The number of carbonyl (C=O) groups excluding carboxylic acids is 1. The lowest BCUT2D eigenvalue weighted by atomic mass is 9.84. The van der Waals surface area contributed by atoms with E-state index in [9.17, 15) is 14.7 Å². The van der Waals surface area contributed by atoms with Gasteiger partial charge in [0.15, 0.2) is 0 Å². The number of carboxylic acid groups (broad SMARTS) is 1. The second kappa shape index (κ2) is 6.93. The van der Waals surface area contributed by atoms with Gasteiger partial charge in [0.2, 0.25) is 0 Å². The van der Waals surface area contributed by atoms with Crippen LogP contribution in [0.4, 0.5) is 0 Å². The van der Waals surface area contributed by atoms with Crippen LogP contribution in [0.15, 0.2) is 24.3 Å². The molecular weight excluding hydrogens is 304 g/mol. The average molecular weight is 330 g/mol. The Morgan fingerprint density at radius 1 is 1.25 bits per heavy atom. The molecular formula is C19H26N2O3. The van der Waals surface area contributed by atoms with E-state index in [1.54, 1.807) is 19.0 Å². The van der Waals surface area contributed by atoms with E-state index in [0.717, 1.165) is 24.8 Å². The number of hydrogen-bond acceptors (Lipinski definition) is 3. The van der Waals surface area contributed by atoms with Crippen LogP contribution in [0.1, 0.15) is 48.0 Å². The third kappa shape index (κ3) is 3.31. The zero-order valence-electron chi connectivity index (χ0n) is 14.4. The number of aliphatic carboxylic acids is 1. The summed E-state index contributed by atoms with van der Waals surface area (Å²) < 4.78 is 0. The van der Waals surface area contributed by atoms with Crippen LogP contribution in [0.3, 0.4) is 0 Å². The lowest BCUT2D eigenvalue weighted by Crippen LogP contribution is -2.41. The van der Waals surface area contributed by atoms with E-state index < -0.39 is 12.0 Å². The first kappa shape index (κ1) is 17.0. The molecule has 3 atom stereocenters. The summed E-state index contributed by atoms with van der Waals surface area (Å²) in [5, 5.41) is 9.62. The number of rotatable bonds is 4. The molecule has 1 aliphatic heterocycles. The maximum atomic E-state index is 12.2. The summed E-state index contributed by atoms with van der Waals surface area (Å²) in [7, 11) is 3.48. The number of amides is 1. The van der Waals surface area contributed by atoms with E-state index in [2.05, 4.69) is 4.90 Å². The Bertz CT molecular complexity index is 629. The highest BCUT2D eigenvalue weighted by atomic mass is 16.4. The molecule has 24 heavy (non-hydrogen) atoms. The fourth-order valence-corrected chi connectivity index (χ4v) is 4.29. The van der Waals surface area contributed by atoms with Gasteiger partial charge >= 0.3 is 5.97 Å². The van der Waals surface area contributed by atoms with Gasteiger partial charge in [0, 0.05) is 32.2 Å². The van der Waals surface area contributed by atoms with E-state index in [1.165, 1.54) is 12.8 Å². The van der Waals surface area contributed by atoms with Gasteiger partial charge in [-0.15, -0.1) is 0 Å². The maximum absolute atomic E-state index is 12.2. The summed E-state index contributed by atoms with van der Waals surface area (Å²) in [5.41, 5.74) is 1.67. The Balaban J connectivity index is 1.81. The summed E-state index contributed by atoms with van der Waals surface area (Å²) in [6, 6.07) is 7.56. The molecule has 1 aliphatic carbocycles. The lowest BCUT2D eigenvalue weighted by molar-refractivity contribution is -0.142. The van der Waals surface area contributed by atoms with E-state index >= 15 is 0 Å². The van der Waals surface area contributed by atoms with Crippen LogP contribution in [0.25, 0.3) is 0 Å². The molecule has 5 heteroatoms. The van der Waals surface area contributed by atoms with Crippen molar-refractivity contribution in [3.8, 4) is 0 Å². The minimum atomic E-state index is -0.718. The Morgan fingerprint density at radius 2 is 2.00 bits per heavy atom. The number of benzene rings is 1. The third-order valence-electron chi connectivity index (χ3n) is 5.45. The Kier molecular flexibility index (Phi) is 4.90. The summed E-state index contributed by atoms with van der Waals surface area (Å²) in [5.74, 6) is -0.236. The van der Waals surface area contributed by atoms with Gasteiger partial charge in [-0.3, -0.25) is 14.5 Å². The van der Waals surface area contributed by atoms with Gasteiger partial charge in [0.1, 0.15) is 6.04 Å². The van der Waals surface area contributed by atoms with Gasteiger partial charge in [-0.1, -0.05) is 25.0 Å². The molecule has 0 unspecified atom stereocenters. The van der Waals surface area contributed by atoms with Gasteiger partial charge < -0.3 is 10.0 Å². The van der Waals surface area contributed by atoms with Crippen molar-refractivity contribution in [2.45, 2.75) is 50.7 Å². The van der Waals surface area contributed by atoms with Crippen molar-refractivity contribution >= 4 is 11.9 Å². The lowest BCUT2D eigenvalue weighted by Gasteiger charge is -2.33. The highest BCUT2D eigenvalue weighted by Crippen LogP contribution is 2.40. The van der Waals surface area contributed by atoms with Crippen LogP contribution < -0.4 is 0 Å². The topological polar surface area (TPSA) is 60.9 Å². The molecule has 1 saturated carbocycles. The maximum Gasteiger partial charge on any atom is 0.320 e. The quantitative estimate of drug-likeness (QED) is 0.922. The predicted octanol–water partition coefficient (Wildman–Crippen LogP) is 2.61. The molecule has 1 aromatic carbocycles. The van der Waals surface area contributed by atoms with Gasteiger partial charge in [0.25, 0.3) is 5.91 Å². The van der Waals surface area contributed by atoms with Crippen LogP contribution in [-0.4, -0.2) is 53.0 Å². The molecule has 0 aromatic heterocycles. The molecule has 0 bridgehead atoms. The Morgan fingerprint density at radius 3 is 2.71 bits per heavy atom. The zero-order valence-corrected chi connectivity index (χ0v) is 14.4. The number of hydrogen-bond donors (Lipinski definition) is 1. The Labute approximate surface area is 143 Å². The number of likely N-dealkylation sites (tertiary alicyclic amines) is 1. The summed E-state index contributed by atoms with van der Waals surface area (Å²) in [6.07, 6.45) is 5.39. The van der Waals surface area contributed by atoms with Gasteiger partial charge in [-0.2, -0.15) is 0 Å². The summed E-state index contributed by atoms with van der Waals surface area (Å²) in [4.78, 5) is 27.6. The molecule has 1 amide bonds. The first-order chi connectivity index (χ1) is 11.5. The second-order valence-electron chi connectivity index (χ2n) is 7.27.